The van der Waals surface area contributed by atoms with E-state index in [9.17, 15) is 0 Å². The third kappa shape index (κ3) is 4.44. The quantitative estimate of drug-likeness (QED) is 0.852. The fourth-order valence-corrected chi connectivity index (χ4v) is 2.10. The van der Waals surface area contributed by atoms with Crippen LogP contribution >= 0.6 is 0 Å². The van der Waals surface area contributed by atoms with Crippen molar-refractivity contribution in [2.24, 2.45) is 0 Å². The van der Waals surface area contributed by atoms with Crippen LogP contribution < -0.4 is 5.32 Å². The van der Waals surface area contributed by atoms with Gasteiger partial charge in [-0.2, -0.15) is 0 Å². The van der Waals surface area contributed by atoms with Gasteiger partial charge in [0.15, 0.2) is 0 Å². The lowest BCUT2D eigenvalue weighted by Gasteiger charge is -2.17. The predicted molar refractivity (Wildman–Crippen MR) is 74.4 cm³/mol. The van der Waals surface area contributed by atoms with Gasteiger partial charge in [-0.05, 0) is 26.7 Å². The van der Waals surface area contributed by atoms with Gasteiger partial charge in [0.25, 0.3) is 0 Å². The molecule has 1 fully saturated rings. The lowest BCUT2D eigenvalue weighted by atomic mass is 10.3. The minimum atomic E-state index is 0.222. The average Bonchev–Trinajstić information content (AvgIpc) is 2.88. The number of ether oxygens (including phenoxy) is 2. The number of anilines is 1. The van der Waals surface area contributed by atoms with Crippen LogP contribution in [0.15, 0.2) is 6.07 Å². The minimum absolute atomic E-state index is 0.222. The van der Waals surface area contributed by atoms with Gasteiger partial charge in [-0.3, -0.25) is 0 Å². The van der Waals surface area contributed by atoms with Crippen molar-refractivity contribution < 1.29 is 9.47 Å². The van der Waals surface area contributed by atoms with Crippen molar-refractivity contribution in [3.63, 3.8) is 0 Å². The van der Waals surface area contributed by atoms with Crippen molar-refractivity contribution in [3.05, 3.63) is 17.6 Å². The first kappa shape index (κ1) is 14.2. The van der Waals surface area contributed by atoms with Crippen LogP contribution in [-0.4, -0.2) is 41.9 Å². The van der Waals surface area contributed by atoms with Crippen molar-refractivity contribution in [3.8, 4) is 0 Å². The van der Waals surface area contributed by atoms with Gasteiger partial charge in [-0.15, -0.1) is 0 Å². The Morgan fingerprint density at radius 2 is 2.37 bits per heavy atom. The molecule has 0 aromatic carbocycles. The second kappa shape index (κ2) is 6.82. The largest absolute Gasteiger partial charge is 0.379 e. The number of nitrogens with one attached hydrogen (secondary N) is 1. The van der Waals surface area contributed by atoms with Crippen molar-refractivity contribution >= 4 is 5.82 Å². The molecular weight excluding hydrogens is 242 g/mol. The van der Waals surface area contributed by atoms with Gasteiger partial charge in [0.2, 0.25) is 0 Å². The van der Waals surface area contributed by atoms with E-state index in [1.165, 1.54) is 0 Å². The summed E-state index contributed by atoms with van der Waals surface area (Å²) in [5.41, 5.74) is 1.06. The molecule has 19 heavy (non-hydrogen) atoms. The highest BCUT2D eigenvalue weighted by molar-refractivity contribution is 5.37. The summed E-state index contributed by atoms with van der Waals surface area (Å²) in [5.74, 6) is 1.68. The van der Waals surface area contributed by atoms with Crippen molar-refractivity contribution in [2.75, 3.05) is 25.1 Å². The third-order valence-corrected chi connectivity index (χ3v) is 3.12. The second-order valence-corrected chi connectivity index (χ2v) is 5.01. The maximum atomic E-state index is 5.79. The Kier molecular flexibility index (Phi) is 5.10. The molecule has 0 amide bonds. The summed E-state index contributed by atoms with van der Waals surface area (Å²) < 4.78 is 11.1. The molecule has 1 saturated heterocycles. The van der Waals surface area contributed by atoms with Crippen LogP contribution in [-0.2, 0) is 15.9 Å². The molecule has 1 aliphatic rings. The van der Waals surface area contributed by atoms with Crippen LogP contribution in [0.2, 0.25) is 0 Å². The number of aryl methyl sites for hydroxylation is 2. The zero-order chi connectivity index (χ0) is 13.7. The van der Waals surface area contributed by atoms with Gasteiger partial charge in [0.05, 0.1) is 19.3 Å². The number of rotatable bonds is 6. The van der Waals surface area contributed by atoms with Crippen molar-refractivity contribution in [1.29, 1.82) is 0 Å². The molecule has 0 spiro atoms. The van der Waals surface area contributed by atoms with E-state index >= 15 is 0 Å². The van der Waals surface area contributed by atoms with E-state index in [0.29, 0.717) is 6.61 Å². The number of aromatic nitrogens is 2. The summed E-state index contributed by atoms with van der Waals surface area (Å²) >= 11 is 0. The maximum Gasteiger partial charge on any atom is 0.130 e. The third-order valence-electron chi connectivity index (χ3n) is 3.12. The Balaban J connectivity index is 1.83. The van der Waals surface area contributed by atoms with E-state index in [0.717, 1.165) is 43.4 Å². The summed E-state index contributed by atoms with van der Waals surface area (Å²) in [7, 11) is 0. The zero-order valence-corrected chi connectivity index (χ0v) is 12.0. The van der Waals surface area contributed by atoms with E-state index in [1.807, 2.05) is 13.0 Å². The normalized spacial score (nSPS) is 20.5. The van der Waals surface area contributed by atoms with E-state index < -0.39 is 0 Å². The fraction of sp³-hybridized carbons (Fsp3) is 0.714. The van der Waals surface area contributed by atoms with Crippen molar-refractivity contribution in [2.45, 2.75) is 45.8 Å². The molecule has 0 aliphatic carbocycles. The molecule has 0 saturated carbocycles. The van der Waals surface area contributed by atoms with E-state index in [-0.39, 0.29) is 12.1 Å². The van der Waals surface area contributed by atoms with E-state index in [4.69, 9.17) is 9.47 Å². The zero-order valence-electron chi connectivity index (χ0n) is 12.0. The smallest absolute Gasteiger partial charge is 0.130 e. The molecule has 0 radical (unpaired) electrons. The van der Waals surface area contributed by atoms with Gasteiger partial charge in [-0.25, -0.2) is 9.97 Å². The maximum absolute atomic E-state index is 5.79. The molecule has 2 atom stereocenters. The Bertz CT molecular complexity index is 406. The van der Waals surface area contributed by atoms with Gasteiger partial charge in [-0.1, -0.05) is 6.92 Å². The molecule has 1 N–H and O–H groups in total. The van der Waals surface area contributed by atoms with Crippen LogP contribution in [0.1, 0.15) is 31.8 Å². The molecular formula is C14H23N3O2. The summed E-state index contributed by atoms with van der Waals surface area (Å²) in [5, 5.41) is 3.36. The number of hydrogen-bond acceptors (Lipinski definition) is 5. The summed E-state index contributed by atoms with van der Waals surface area (Å²) in [4.78, 5) is 8.77. The van der Waals surface area contributed by atoms with E-state index in [1.54, 1.807) is 0 Å². The molecule has 2 unspecified atom stereocenters. The molecule has 0 bridgehead atoms. The first-order valence-electron chi connectivity index (χ1n) is 6.97. The van der Waals surface area contributed by atoms with Crippen molar-refractivity contribution in [1.82, 2.24) is 9.97 Å². The Labute approximate surface area is 114 Å². The molecule has 2 rings (SSSR count). The highest BCUT2D eigenvalue weighted by atomic mass is 16.5. The second-order valence-electron chi connectivity index (χ2n) is 5.01. The summed E-state index contributed by atoms with van der Waals surface area (Å²) in [6.45, 7) is 8.31. The van der Waals surface area contributed by atoms with Crippen LogP contribution in [0.4, 0.5) is 5.82 Å². The Morgan fingerprint density at radius 1 is 1.53 bits per heavy atom. The molecule has 5 nitrogen and oxygen atoms in total. The SMILES string of the molecule is CCc1cc(NC(C)COC2CCOC2)nc(C)n1. The fourth-order valence-electron chi connectivity index (χ4n) is 2.10. The molecule has 1 aromatic rings. The highest BCUT2D eigenvalue weighted by Crippen LogP contribution is 2.11. The molecule has 5 heteroatoms. The van der Waals surface area contributed by atoms with Crippen LogP contribution in [0.25, 0.3) is 0 Å². The van der Waals surface area contributed by atoms with Gasteiger partial charge < -0.3 is 14.8 Å². The molecule has 106 valence electrons. The predicted octanol–water partition coefficient (Wildman–Crippen LogP) is 1.95. The Hall–Kier alpha value is -1.20. The van der Waals surface area contributed by atoms with Crippen LogP contribution in [0, 0.1) is 6.92 Å². The average molecular weight is 265 g/mol. The molecule has 1 aliphatic heterocycles. The summed E-state index contributed by atoms with van der Waals surface area (Å²) in [6, 6.07) is 2.22. The van der Waals surface area contributed by atoms with E-state index in [2.05, 4.69) is 29.1 Å². The van der Waals surface area contributed by atoms with Gasteiger partial charge in [0, 0.05) is 24.4 Å². The highest BCUT2D eigenvalue weighted by Gasteiger charge is 2.17. The minimum Gasteiger partial charge on any atom is -0.379 e. The van der Waals surface area contributed by atoms with Crippen LogP contribution in [0.3, 0.4) is 0 Å². The standard InChI is InChI=1S/C14H23N3O2/c1-4-12-7-14(17-11(3)16-12)15-10(2)8-19-13-5-6-18-9-13/h7,10,13H,4-6,8-9H2,1-3H3,(H,15,16,17). The summed E-state index contributed by atoms with van der Waals surface area (Å²) in [6.07, 6.45) is 2.17. The first-order valence-corrected chi connectivity index (χ1v) is 6.97. The monoisotopic (exact) mass is 265 g/mol. The van der Waals surface area contributed by atoms with Gasteiger partial charge in [0.1, 0.15) is 11.6 Å². The van der Waals surface area contributed by atoms with Crippen LogP contribution in [0.5, 0.6) is 0 Å². The Morgan fingerprint density at radius 3 is 3.05 bits per heavy atom. The number of hydrogen-bond donors (Lipinski definition) is 1. The lowest BCUT2D eigenvalue weighted by Crippen LogP contribution is -2.26. The molecule has 1 aromatic heterocycles. The molecule has 2 heterocycles. The topological polar surface area (TPSA) is 56.3 Å². The first-order chi connectivity index (χ1) is 9.17. The van der Waals surface area contributed by atoms with Gasteiger partial charge >= 0.3 is 0 Å². The number of nitrogens with zero attached hydrogens (tertiary/aromatic N) is 2. The lowest BCUT2D eigenvalue weighted by molar-refractivity contribution is 0.0395.